The largest absolute Gasteiger partial charge is 0.495 e. The zero-order valence-corrected chi connectivity index (χ0v) is 15.9. The molecule has 6 nitrogen and oxygen atoms in total. The maximum absolute atomic E-state index is 13.5. The Morgan fingerprint density at radius 1 is 1.43 bits per heavy atom. The van der Waals surface area contributed by atoms with Gasteiger partial charge in [-0.1, -0.05) is 11.6 Å². The molecule has 150 valence electrons. The molecule has 1 unspecified atom stereocenters. The van der Waals surface area contributed by atoms with Crippen molar-refractivity contribution in [1.29, 1.82) is 5.26 Å². The first-order valence-electron chi connectivity index (χ1n) is 7.96. The van der Waals surface area contributed by atoms with Crippen LogP contribution in [0.2, 0.25) is 5.02 Å². The Bertz CT molecular complexity index is 917. The zero-order valence-electron chi connectivity index (χ0n) is 15.1. The first-order valence-corrected chi connectivity index (χ1v) is 8.34. The molecule has 28 heavy (non-hydrogen) atoms. The van der Waals surface area contributed by atoms with Crippen molar-refractivity contribution >= 4 is 17.6 Å². The summed E-state index contributed by atoms with van der Waals surface area (Å²) in [7, 11) is 1.05. The second-order valence-corrected chi connectivity index (χ2v) is 6.10. The standard InChI is InChI=1S/C18H16ClF3N2O4/c1-4-27-17(25)13-8(2)28-16(24)10(7-23)14(13)9-5-11(18(20,21)22)15(26-3)12(19)6-9/h5-6,14H,4,24H2,1-3H3. The molecule has 0 amide bonds. The van der Waals surface area contributed by atoms with E-state index in [9.17, 15) is 23.2 Å². The summed E-state index contributed by atoms with van der Waals surface area (Å²) in [6, 6.07) is 3.73. The summed E-state index contributed by atoms with van der Waals surface area (Å²) in [6.45, 7) is 2.98. The van der Waals surface area contributed by atoms with Crippen LogP contribution < -0.4 is 10.5 Å². The Balaban J connectivity index is 2.80. The summed E-state index contributed by atoms with van der Waals surface area (Å²) in [5.41, 5.74) is 4.13. The Labute approximate surface area is 163 Å². The average Bonchev–Trinajstić information content (AvgIpc) is 2.59. The van der Waals surface area contributed by atoms with Crippen LogP contribution in [0.5, 0.6) is 5.75 Å². The van der Waals surface area contributed by atoms with Crippen LogP contribution in [0, 0.1) is 11.3 Å². The Morgan fingerprint density at radius 2 is 2.07 bits per heavy atom. The number of esters is 1. The van der Waals surface area contributed by atoms with Gasteiger partial charge in [0.2, 0.25) is 5.88 Å². The van der Waals surface area contributed by atoms with E-state index in [0.717, 1.165) is 13.2 Å². The molecule has 0 spiro atoms. The molecule has 0 radical (unpaired) electrons. The van der Waals surface area contributed by atoms with E-state index in [1.807, 2.05) is 0 Å². The maximum atomic E-state index is 13.5. The van der Waals surface area contributed by atoms with Crippen molar-refractivity contribution < 1.29 is 32.2 Å². The number of carbonyl (C=O) groups is 1. The number of nitrogens with two attached hydrogens (primary N) is 1. The highest BCUT2D eigenvalue weighted by molar-refractivity contribution is 6.32. The molecule has 2 N–H and O–H groups in total. The molecule has 0 aromatic heterocycles. The lowest BCUT2D eigenvalue weighted by molar-refractivity contribution is -0.139. The quantitative estimate of drug-likeness (QED) is 0.745. The molecule has 1 heterocycles. The number of carbonyl (C=O) groups excluding carboxylic acids is 1. The average molecular weight is 417 g/mol. The van der Waals surface area contributed by atoms with Crippen LogP contribution in [0.3, 0.4) is 0 Å². The Morgan fingerprint density at radius 3 is 2.57 bits per heavy atom. The number of halogens is 4. The molecule has 0 saturated heterocycles. The van der Waals surface area contributed by atoms with Gasteiger partial charge in [-0.15, -0.1) is 0 Å². The van der Waals surface area contributed by atoms with Crippen molar-refractivity contribution in [1.82, 2.24) is 0 Å². The number of nitrogens with zero attached hydrogens (tertiary/aromatic N) is 1. The van der Waals surface area contributed by atoms with Crippen LogP contribution in [0.25, 0.3) is 0 Å². The smallest absolute Gasteiger partial charge is 0.420 e. The molecule has 1 atom stereocenters. The number of alkyl halides is 3. The van der Waals surface area contributed by atoms with Crippen LogP contribution in [0.15, 0.2) is 34.9 Å². The highest BCUT2D eigenvalue weighted by Gasteiger charge is 2.40. The van der Waals surface area contributed by atoms with Crippen molar-refractivity contribution in [3.8, 4) is 11.8 Å². The van der Waals surface area contributed by atoms with Crippen molar-refractivity contribution in [3.63, 3.8) is 0 Å². The maximum Gasteiger partial charge on any atom is 0.420 e. The van der Waals surface area contributed by atoms with Crippen LogP contribution in [0.4, 0.5) is 13.2 Å². The molecule has 2 rings (SSSR count). The fourth-order valence-corrected chi connectivity index (χ4v) is 3.19. The number of methoxy groups -OCH3 is 1. The SMILES string of the molecule is CCOC(=O)C1=C(C)OC(N)=C(C#N)C1c1cc(Cl)c(OC)c(C(F)(F)F)c1. The summed E-state index contributed by atoms with van der Waals surface area (Å²) in [5, 5.41) is 9.15. The van der Waals surface area contributed by atoms with E-state index in [2.05, 4.69) is 0 Å². The number of ether oxygens (including phenoxy) is 3. The van der Waals surface area contributed by atoms with Gasteiger partial charge >= 0.3 is 12.1 Å². The van der Waals surface area contributed by atoms with E-state index < -0.39 is 29.4 Å². The second kappa shape index (κ2) is 8.02. The van der Waals surface area contributed by atoms with E-state index in [1.54, 1.807) is 13.0 Å². The molecule has 1 aromatic rings. The van der Waals surface area contributed by atoms with E-state index >= 15 is 0 Å². The molecular weight excluding hydrogens is 401 g/mol. The number of benzene rings is 1. The first-order chi connectivity index (χ1) is 13.1. The van der Waals surface area contributed by atoms with Crippen molar-refractivity contribution in [2.45, 2.75) is 25.9 Å². The second-order valence-electron chi connectivity index (χ2n) is 5.70. The minimum Gasteiger partial charge on any atom is -0.495 e. The van der Waals surface area contributed by atoms with Gasteiger partial charge in [-0.05, 0) is 31.5 Å². The molecule has 0 fully saturated rings. The van der Waals surface area contributed by atoms with Crippen LogP contribution in [-0.2, 0) is 20.4 Å². The molecular formula is C18H16ClF3N2O4. The van der Waals surface area contributed by atoms with Crippen molar-refractivity contribution in [2.75, 3.05) is 13.7 Å². The molecule has 1 aromatic carbocycles. The van der Waals surface area contributed by atoms with Gasteiger partial charge in [0.25, 0.3) is 0 Å². The van der Waals surface area contributed by atoms with E-state index in [1.165, 1.54) is 13.0 Å². The summed E-state index contributed by atoms with van der Waals surface area (Å²) >= 11 is 5.99. The molecule has 1 aliphatic rings. The van der Waals surface area contributed by atoms with Gasteiger partial charge in [0, 0.05) is 0 Å². The third-order valence-electron chi connectivity index (χ3n) is 4.01. The van der Waals surface area contributed by atoms with Gasteiger partial charge in [0.15, 0.2) is 0 Å². The topological polar surface area (TPSA) is 94.6 Å². The highest BCUT2D eigenvalue weighted by atomic mass is 35.5. The summed E-state index contributed by atoms with van der Waals surface area (Å²) in [6.07, 6.45) is -4.79. The summed E-state index contributed by atoms with van der Waals surface area (Å²) in [4.78, 5) is 12.4. The van der Waals surface area contributed by atoms with Crippen LogP contribution in [-0.4, -0.2) is 19.7 Å². The lowest BCUT2D eigenvalue weighted by Gasteiger charge is -2.27. The molecule has 0 saturated carbocycles. The molecule has 0 bridgehead atoms. The lowest BCUT2D eigenvalue weighted by atomic mass is 9.82. The molecule has 0 aliphatic carbocycles. The van der Waals surface area contributed by atoms with Gasteiger partial charge in [-0.2, -0.15) is 18.4 Å². The van der Waals surface area contributed by atoms with E-state index in [-0.39, 0.29) is 40.0 Å². The summed E-state index contributed by atoms with van der Waals surface area (Å²) in [5.74, 6) is -2.97. The number of rotatable bonds is 4. The van der Waals surface area contributed by atoms with Gasteiger partial charge in [-0.3, -0.25) is 0 Å². The number of allylic oxidation sites excluding steroid dienone is 2. The number of hydrogen-bond acceptors (Lipinski definition) is 6. The van der Waals surface area contributed by atoms with Crippen molar-refractivity contribution in [2.24, 2.45) is 5.73 Å². The highest BCUT2D eigenvalue weighted by Crippen LogP contribution is 2.46. The Kier molecular flexibility index (Phi) is 6.14. The first kappa shape index (κ1) is 21.4. The van der Waals surface area contributed by atoms with Gasteiger partial charge < -0.3 is 19.9 Å². The third-order valence-corrected chi connectivity index (χ3v) is 4.29. The minimum atomic E-state index is -4.79. The predicted octanol–water partition coefficient (Wildman–Crippen LogP) is 4.01. The fraction of sp³-hybridized carbons (Fsp3) is 0.333. The normalized spacial score (nSPS) is 17.1. The van der Waals surface area contributed by atoms with Gasteiger partial charge in [0.05, 0.1) is 35.8 Å². The number of hydrogen-bond donors (Lipinski definition) is 1. The summed E-state index contributed by atoms with van der Waals surface area (Å²) < 4.78 is 55.5. The predicted molar refractivity (Wildman–Crippen MR) is 93.0 cm³/mol. The monoisotopic (exact) mass is 416 g/mol. The van der Waals surface area contributed by atoms with E-state index in [4.69, 9.17) is 31.5 Å². The van der Waals surface area contributed by atoms with Crippen LogP contribution >= 0.6 is 11.6 Å². The number of nitriles is 1. The molecule has 10 heteroatoms. The minimum absolute atomic E-state index is 0.0143. The zero-order chi connectivity index (χ0) is 21.2. The molecule has 1 aliphatic heterocycles. The van der Waals surface area contributed by atoms with E-state index in [0.29, 0.717) is 0 Å². The lowest BCUT2D eigenvalue weighted by Crippen LogP contribution is -2.26. The van der Waals surface area contributed by atoms with Gasteiger partial charge in [0.1, 0.15) is 23.2 Å². The Hall–Kier alpha value is -2.86. The fourth-order valence-electron chi connectivity index (χ4n) is 2.89. The van der Waals surface area contributed by atoms with Crippen molar-refractivity contribution in [3.05, 3.63) is 51.1 Å². The third kappa shape index (κ3) is 3.87. The van der Waals surface area contributed by atoms with Crippen LogP contribution in [0.1, 0.15) is 30.9 Å². The van der Waals surface area contributed by atoms with Gasteiger partial charge in [-0.25, -0.2) is 4.79 Å².